The minimum Gasteiger partial charge on any atom is -0.502 e. The van der Waals surface area contributed by atoms with E-state index in [4.69, 9.17) is 29.4 Å². The number of aromatic hydroxyl groups is 1. The summed E-state index contributed by atoms with van der Waals surface area (Å²) in [6.45, 7) is 3.54. The minimum atomic E-state index is -3.76. The van der Waals surface area contributed by atoms with Gasteiger partial charge in [-0.05, 0) is 86.4 Å². The minimum absolute atomic E-state index is 0.0322. The number of hydrogen-bond donors (Lipinski definition) is 5. The van der Waals surface area contributed by atoms with Gasteiger partial charge in [-0.2, -0.15) is 0 Å². The van der Waals surface area contributed by atoms with Crippen LogP contribution in [-0.2, 0) is 19.6 Å². The average Bonchev–Trinajstić information content (AvgIpc) is 3.63. The van der Waals surface area contributed by atoms with E-state index in [1.54, 1.807) is 24.3 Å². The van der Waals surface area contributed by atoms with E-state index in [9.17, 15) is 18.3 Å². The highest BCUT2D eigenvalue weighted by Crippen LogP contribution is 2.55. The normalized spacial score (nSPS) is 21.9. The molecular weight excluding hydrogens is 592 g/mol. The van der Waals surface area contributed by atoms with Crippen molar-refractivity contribution < 1.29 is 42.0 Å². The van der Waals surface area contributed by atoms with Crippen LogP contribution in [0.5, 0.6) is 28.7 Å². The van der Waals surface area contributed by atoms with Gasteiger partial charge < -0.3 is 45.2 Å². The van der Waals surface area contributed by atoms with Gasteiger partial charge in [0.25, 0.3) is 0 Å². The van der Waals surface area contributed by atoms with Crippen molar-refractivity contribution in [3.8, 4) is 28.7 Å². The van der Waals surface area contributed by atoms with E-state index in [0.717, 1.165) is 32.4 Å². The van der Waals surface area contributed by atoms with Gasteiger partial charge in [0.05, 0.1) is 38.5 Å². The number of sulfonamides is 1. The van der Waals surface area contributed by atoms with Crippen LogP contribution in [0.1, 0.15) is 47.9 Å². The molecule has 0 amide bonds. The fraction of sp³-hybridized carbons (Fsp3) is 0.567. The first kappa shape index (κ1) is 32.1. The number of benzene rings is 2. The van der Waals surface area contributed by atoms with Crippen LogP contribution < -0.4 is 40.0 Å². The largest absolute Gasteiger partial charge is 0.502 e. The third-order valence-corrected chi connectivity index (χ3v) is 9.77. The zero-order valence-electron chi connectivity index (χ0n) is 25.1. The summed E-state index contributed by atoms with van der Waals surface area (Å²) >= 11 is 0. The molecule has 0 aromatic heterocycles. The van der Waals surface area contributed by atoms with Gasteiger partial charge in [-0.15, -0.1) is 0 Å². The van der Waals surface area contributed by atoms with Crippen LogP contribution in [0.25, 0.3) is 0 Å². The summed E-state index contributed by atoms with van der Waals surface area (Å²) in [4.78, 5) is 13.3. The first-order valence-corrected chi connectivity index (χ1v) is 16.6. The summed E-state index contributed by atoms with van der Waals surface area (Å²) in [5.41, 5.74) is 7.50. The second kappa shape index (κ2) is 14.2. The highest BCUT2D eigenvalue weighted by Gasteiger charge is 2.53. The number of nitrogens with one attached hydrogen (secondary N) is 3. The Morgan fingerprint density at radius 3 is 2.16 bits per heavy atom. The molecule has 0 saturated carbocycles. The molecule has 14 heteroatoms. The van der Waals surface area contributed by atoms with E-state index < -0.39 is 39.8 Å². The quantitative estimate of drug-likeness (QED) is 0.132. The highest BCUT2D eigenvalue weighted by atomic mass is 32.2. The first-order chi connectivity index (χ1) is 21.3. The molecule has 2 aliphatic heterocycles. The summed E-state index contributed by atoms with van der Waals surface area (Å²) in [6, 6.07) is 6.16. The second-order valence-corrected chi connectivity index (χ2v) is 13.0. The Balaban J connectivity index is 1.38. The number of cyclic esters (lactones) is 1. The number of phenols is 1. The third-order valence-electron chi connectivity index (χ3n) is 8.42. The smallest absolute Gasteiger partial charge is 0.310 e. The van der Waals surface area contributed by atoms with E-state index in [1.807, 2.05) is 0 Å². The van der Waals surface area contributed by atoms with Gasteiger partial charge in [-0.3, -0.25) is 4.79 Å². The summed E-state index contributed by atoms with van der Waals surface area (Å²) < 4.78 is 57.3. The number of ether oxygens (including phenoxy) is 5. The monoisotopic (exact) mass is 634 g/mol. The molecule has 242 valence electrons. The standard InChI is InChI=1S/C30H42N4O9S/c1-39-24-12-18(13-25(40-2)29(24)35)26-19-14-22-23(43-17-42-22)15-20(19)28(21-16-41-30(36)27(21)26)34-44(37,38)11-10-33-8-4-3-7-32-9-5-6-31/h12-15,21,26-28,32-35H,3-11,16-17,31H2,1-2H3. The number of carbonyl (C=O) groups excluding carboxylic acids is 1. The number of rotatable bonds is 16. The van der Waals surface area contributed by atoms with Crippen molar-refractivity contribution in [2.45, 2.75) is 31.2 Å². The van der Waals surface area contributed by atoms with Crippen molar-refractivity contribution in [2.24, 2.45) is 17.6 Å². The van der Waals surface area contributed by atoms with Gasteiger partial charge in [-0.1, -0.05) is 0 Å². The topological polar surface area (TPSA) is 180 Å². The lowest BCUT2D eigenvalue weighted by atomic mass is 9.65. The molecule has 4 unspecified atom stereocenters. The zero-order valence-corrected chi connectivity index (χ0v) is 25.9. The summed E-state index contributed by atoms with van der Waals surface area (Å²) in [7, 11) is -0.899. The number of fused-ring (bicyclic) bond motifs is 3. The van der Waals surface area contributed by atoms with E-state index in [0.29, 0.717) is 41.3 Å². The lowest BCUT2D eigenvalue weighted by Crippen LogP contribution is -2.44. The van der Waals surface area contributed by atoms with Gasteiger partial charge in [0.2, 0.25) is 22.6 Å². The second-order valence-electron chi connectivity index (χ2n) is 11.2. The Morgan fingerprint density at radius 1 is 0.909 bits per heavy atom. The maximum atomic E-state index is 13.4. The van der Waals surface area contributed by atoms with Crippen molar-refractivity contribution in [1.29, 1.82) is 0 Å². The molecule has 4 atom stereocenters. The van der Waals surface area contributed by atoms with Crippen molar-refractivity contribution >= 4 is 16.0 Å². The fourth-order valence-corrected chi connectivity index (χ4v) is 7.46. The molecule has 1 aliphatic carbocycles. The number of phenolic OH excluding ortho intramolecular Hbond substituents is 1. The van der Waals surface area contributed by atoms with Gasteiger partial charge in [0.15, 0.2) is 23.0 Å². The van der Waals surface area contributed by atoms with Crippen LogP contribution in [0.2, 0.25) is 0 Å². The first-order valence-electron chi connectivity index (χ1n) is 14.9. The number of unbranched alkanes of at least 4 members (excludes halogenated alkanes) is 1. The van der Waals surface area contributed by atoms with Crippen molar-refractivity contribution in [2.75, 3.05) is 66.1 Å². The number of esters is 1. The van der Waals surface area contributed by atoms with Crippen molar-refractivity contribution in [3.05, 3.63) is 41.0 Å². The number of carbonyl (C=O) groups is 1. The molecule has 0 bridgehead atoms. The molecule has 2 heterocycles. The van der Waals surface area contributed by atoms with Gasteiger partial charge in [-0.25, -0.2) is 13.1 Å². The number of nitrogens with two attached hydrogens (primary N) is 1. The summed E-state index contributed by atoms with van der Waals surface area (Å²) in [6.07, 6.45) is 2.85. The molecular formula is C30H42N4O9S. The highest BCUT2D eigenvalue weighted by molar-refractivity contribution is 7.89. The maximum absolute atomic E-state index is 13.4. The van der Waals surface area contributed by atoms with Crippen molar-refractivity contribution in [3.63, 3.8) is 0 Å². The fourth-order valence-electron chi connectivity index (χ4n) is 6.24. The van der Waals surface area contributed by atoms with Crippen LogP contribution >= 0.6 is 0 Å². The Bertz CT molecular complexity index is 1410. The molecule has 1 fully saturated rings. The summed E-state index contributed by atoms with van der Waals surface area (Å²) in [5.74, 6) is -1.14. The molecule has 5 rings (SSSR count). The van der Waals surface area contributed by atoms with Crippen LogP contribution in [-0.4, -0.2) is 85.6 Å². The third kappa shape index (κ3) is 6.84. The molecule has 0 spiro atoms. The predicted octanol–water partition coefficient (Wildman–Crippen LogP) is 1.34. The molecule has 2 aromatic carbocycles. The Morgan fingerprint density at radius 2 is 1.52 bits per heavy atom. The molecule has 2 aromatic rings. The molecule has 13 nitrogen and oxygen atoms in total. The number of methoxy groups -OCH3 is 2. The summed E-state index contributed by atoms with van der Waals surface area (Å²) in [5, 5.41) is 17.1. The predicted molar refractivity (Wildman–Crippen MR) is 162 cm³/mol. The van der Waals surface area contributed by atoms with Crippen LogP contribution in [0, 0.1) is 11.8 Å². The van der Waals surface area contributed by atoms with E-state index in [1.165, 1.54) is 14.2 Å². The van der Waals surface area contributed by atoms with E-state index in [2.05, 4.69) is 15.4 Å². The van der Waals surface area contributed by atoms with Crippen LogP contribution in [0.3, 0.4) is 0 Å². The average molecular weight is 635 g/mol. The molecule has 0 radical (unpaired) electrons. The SMILES string of the molecule is COc1cc(C2c3cc4c(cc3C(NS(=O)(=O)CCNCCCCNCCCN)C3COC(=O)C23)OCO4)cc(OC)c1O. The molecule has 3 aliphatic rings. The van der Waals surface area contributed by atoms with Crippen LogP contribution in [0.4, 0.5) is 0 Å². The van der Waals surface area contributed by atoms with E-state index >= 15 is 0 Å². The molecule has 44 heavy (non-hydrogen) atoms. The lowest BCUT2D eigenvalue weighted by molar-refractivity contribution is -0.141. The maximum Gasteiger partial charge on any atom is 0.310 e. The van der Waals surface area contributed by atoms with Crippen LogP contribution in [0.15, 0.2) is 24.3 Å². The van der Waals surface area contributed by atoms with Gasteiger partial charge in [0, 0.05) is 18.4 Å². The van der Waals surface area contributed by atoms with Gasteiger partial charge >= 0.3 is 5.97 Å². The molecule has 1 saturated heterocycles. The van der Waals surface area contributed by atoms with Gasteiger partial charge in [0.1, 0.15) is 0 Å². The molecule has 6 N–H and O–H groups in total. The lowest BCUT2D eigenvalue weighted by Gasteiger charge is -2.39. The number of hydrogen-bond acceptors (Lipinski definition) is 12. The Hall–Kier alpha value is -3.30. The Kier molecular flexibility index (Phi) is 10.4. The zero-order chi connectivity index (χ0) is 31.3. The van der Waals surface area contributed by atoms with Crippen molar-refractivity contribution in [1.82, 2.24) is 15.4 Å². The van der Waals surface area contributed by atoms with E-state index in [-0.39, 0.29) is 42.9 Å². The Labute approximate surface area is 257 Å².